The van der Waals surface area contributed by atoms with Gasteiger partial charge < -0.3 is 15.4 Å². The molecule has 0 radical (unpaired) electrons. The van der Waals surface area contributed by atoms with Crippen LogP contribution in [-0.4, -0.2) is 18.4 Å². The Morgan fingerprint density at radius 3 is 2.26 bits per heavy atom. The van der Waals surface area contributed by atoms with Crippen molar-refractivity contribution in [2.24, 2.45) is 0 Å². The molecule has 5 nitrogen and oxygen atoms in total. The highest BCUT2D eigenvalue weighted by molar-refractivity contribution is 5.94. The standard InChI is InChI=1S/C18H20N2O3/c1-12-7-6-8-13(2)18(12)20-17(22)11-23-16-10-5-4-9-15(16)19-14(3)21/h4-10H,11H2,1-3H3,(H,19,21)(H,20,22). The van der Waals surface area contributed by atoms with Crippen LogP contribution in [0.2, 0.25) is 0 Å². The number of nitrogens with one attached hydrogen (secondary N) is 2. The van der Waals surface area contributed by atoms with Gasteiger partial charge in [-0.2, -0.15) is 0 Å². The number of hydrogen-bond donors (Lipinski definition) is 2. The Kier molecular flexibility index (Phi) is 5.36. The first-order valence-electron chi connectivity index (χ1n) is 7.33. The molecule has 0 aliphatic rings. The molecule has 2 N–H and O–H groups in total. The molecule has 0 spiro atoms. The summed E-state index contributed by atoms with van der Waals surface area (Å²) in [7, 11) is 0. The van der Waals surface area contributed by atoms with E-state index < -0.39 is 0 Å². The molecule has 2 aromatic carbocycles. The average Bonchev–Trinajstić information content (AvgIpc) is 2.50. The zero-order chi connectivity index (χ0) is 16.8. The molecule has 2 rings (SSSR count). The van der Waals surface area contributed by atoms with E-state index in [-0.39, 0.29) is 18.4 Å². The lowest BCUT2D eigenvalue weighted by molar-refractivity contribution is -0.118. The SMILES string of the molecule is CC(=O)Nc1ccccc1OCC(=O)Nc1c(C)cccc1C. The number of ether oxygens (including phenoxy) is 1. The summed E-state index contributed by atoms with van der Waals surface area (Å²) in [5.41, 5.74) is 3.34. The summed E-state index contributed by atoms with van der Waals surface area (Å²) in [6, 6.07) is 12.8. The Balaban J connectivity index is 2.01. The molecule has 0 atom stereocenters. The highest BCUT2D eigenvalue weighted by Crippen LogP contribution is 2.24. The zero-order valence-corrected chi connectivity index (χ0v) is 13.5. The Morgan fingerprint density at radius 2 is 1.61 bits per heavy atom. The van der Waals surface area contributed by atoms with Gasteiger partial charge in [-0.05, 0) is 37.1 Å². The monoisotopic (exact) mass is 312 g/mol. The quantitative estimate of drug-likeness (QED) is 0.890. The van der Waals surface area contributed by atoms with Gasteiger partial charge in [-0.3, -0.25) is 9.59 Å². The molecule has 0 saturated carbocycles. The number of amides is 2. The number of hydrogen-bond acceptors (Lipinski definition) is 3. The van der Waals surface area contributed by atoms with Gasteiger partial charge in [-0.15, -0.1) is 0 Å². The molecule has 0 heterocycles. The summed E-state index contributed by atoms with van der Waals surface area (Å²) in [4.78, 5) is 23.3. The lowest BCUT2D eigenvalue weighted by Gasteiger charge is -2.13. The Labute approximate surface area is 135 Å². The average molecular weight is 312 g/mol. The molecule has 2 amide bonds. The highest BCUT2D eigenvalue weighted by atomic mass is 16.5. The molecule has 0 aliphatic heterocycles. The van der Waals surface area contributed by atoms with Crippen molar-refractivity contribution in [3.05, 3.63) is 53.6 Å². The summed E-state index contributed by atoms with van der Waals surface area (Å²) in [5.74, 6) is 0.0143. The number of aryl methyl sites for hydroxylation is 2. The Bertz CT molecular complexity index is 706. The number of rotatable bonds is 5. The van der Waals surface area contributed by atoms with Gasteiger partial charge >= 0.3 is 0 Å². The van der Waals surface area contributed by atoms with E-state index in [1.165, 1.54) is 6.92 Å². The normalized spacial score (nSPS) is 10.0. The fraction of sp³-hybridized carbons (Fsp3) is 0.222. The topological polar surface area (TPSA) is 67.4 Å². The molecule has 0 bridgehead atoms. The molecular formula is C18H20N2O3. The van der Waals surface area contributed by atoms with Crippen molar-refractivity contribution in [1.82, 2.24) is 0 Å². The number of carbonyl (C=O) groups is 2. The van der Waals surface area contributed by atoms with Gasteiger partial charge in [0.2, 0.25) is 5.91 Å². The summed E-state index contributed by atoms with van der Waals surface area (Å²) < 4.78 is 5.53. The smallest absolute Gasteiger partial charge is 0.262 e. The maximum atomic E-state index is 12.1. The lowest BCUT2D eigenvalue weighted by atomic mass is 10.1. The van der Waals surface area contributed by atoms with E-state index in [1.54, 1.807) is 24.3 Å². The van der Waals surface area contributed by atoms with E-state index >= 15 is 0 Å². The predicted octanol–water partition coefficient (Wildman–Crippen LogP) is 3.28. The van der Waals surface area contributed by atoms with Crippen molar-refractivity contribution in [2.45, 2.75) is 20.8 Å². The van der Waals surface area contributed by atoms with E-state index in [1.807, 2.05) is 32.0 Å². The first kappa shape index (κ1) is 16.5. The van der Waals surface area contributed by atoms with Crippen LogP contribution in [0.3, 0.4) is 0 Å². The van der Waals surface area contributed by atoms with Crippen molar-refractivity contribution >= 4 is 23.2 Å². The molecule has 0 unspecified atom stereocenters. The maximum absolute atomic E-state index is 12.1. The number of benzene rings is 2. The van der Waals surface area contributed by atoms with Crippen molar-refractivity contribution in [2.75, 3.05) is 17.2 Å². The largest absolute Gasteiger partial charge is 0.482 e. The van der Waals surface area contributed by atoms with Gasteiger partial charge in [-0.1, -0.05) is 30.3 Å². The fourth-order valence-electron chi connectivity index (χ4n) is 2.22. The van der Waals surface area contributed by atoms with Gasteiger partial charge in [-0.25, -0.2) is 0 Å². The number of carbonyl (C=O) groups excluding carboxylic acids is 2. The van der Waals surface area contributed by atoms with Crippen molar-refractivity contribution < 1.29 is 14.3 Å². The van der Waals surface area contributed by atoms with Gasteiger partial charge in [0.05, 0.1) is 5.69 Å². The molecule has 2 aromatic rings. The minimum absolute atomic E-state index is 0.135. The van der Waals surface area contributed by atoms with Crippen LogP contribution in [0, 0.1) is 13.8 Å². The third-order valence-corrected chi connectivity index (χ3v) is 3.30. The van der Waals surface area contributed by atoms with E-state index in [0.29, 0.717) is 11.4 Å². The van der Waals surface area contributed by atoms with E-state index in [0.717, 1.165) is 16.8 Å². The van der Waals surface area contributed by atoms with Crippen molar-refractivity contribution in [3.63, 3.8) is 0 Å². The zero-order valence-electron chi connectivity index (χ0n) is 13.5. The maximum Gasteiger partial charge on any atom is 0.262 e. The van der Waals surface area contributed by atoms with Crippen LogP contribution < -0.4 is 15.4 Å². The first-order valence-corrected chi connectivity index (χ1v) is 7.33. The molecular weight excluding hydrogens is 292 g/mol. The second-order valence-corrected chi connectivity index (χ2v) is 5.28. The van der Waals surface area contributed by atoms with E-state index in [2.05, 4.69) is 10.6 Å². The van der Waals surface area contributed by atoms with Crippen LogP contribution in [0.1, 0.15) is 18.1 Å². The van der Waals surface area contributed by atoms with Gasteiger partial charge in [0.25, 0.3) is 5.91 Å². The third-order valence-electron chi connectivity index (χ3n) is 3.30. The predicted molar refractivity (Wildman–Crippen MR) is 90.8 cm³/mol. The third kappa shape index (κ3) is 4.57. The Morgan fingerprint density at radius 1 is 0.957 bits per heavy atom. The summed E-state index contributed by atoms with van der Waals surface area (Å²) in [6.07, 6.45) is 0. The fourth-order valence-corrected chi connectivity index (χ4v) is 2.22. The van der Waals surface area contributed by atoms with Gasteiger partial charge in [0.15, 0.2) is 6.61 Å². The summed E-state index contributed by atoms with van der Waals surface area (Å²) in [6.45, 7) is 5.17. The van der Waals surface area contributed by atoms with Crippen molar-refractivity contribution in [1.29, 1.82) is 0 Å². The molecule has 120 valence electrons. The van der Waals surface area contributed by atoms with Crippen LogP contribution in [0.5, 0.6) is 5.75 Å². The van der Waals surface area contributed by atoms with Gasteiger partial charge in [0, 0.05) is 12.6 Å². The van der Waals surface area contributed by atoms with E-state index in [9.17, 15) is 9.59 Å². The lowest BCUT2D eigenvalue weighted by Crippen LogP contribution is -2.21. The van der Waals surface area contributed by atoms with Crippen LogP contribution in [0.25, 0.3) is 0 Å². The number of anilines is 2. The first-order chi connectivity index (χ1) is 11.0. The molecule has 0 aromatic heterocycles. The molecule has 0 saturated heterocycles. The van der Waals surface area contributed by atoms with Crippen LogP contribution >= 0.6 is 0 Å². The number of para-hydroxylation sites is 3. The molecule has 0 aliphatic carbocycles. The minimum Gasteiger partial charge on any atom is -0.482 e. The van der Waals surface area contributed by atoms with Crippen LogP contribution in [-0.2, 0) is 9.59 Å². The molecule has 5 heteroatoms. The van der Waals surface area contributed by atoms with Crippen molar-refractivity contribution in [3.8, 4) is 5.75 Å². The van der Waals surface area contributed by atoms with E-state index in [4.69, 9.17) is 4.74 Å². The molecule has 0 fully saturated rings. The minimum atomic E-state index is -0.250. The second-order valence-electron chi connectivity index (χ2n) is 5.28. The van der Waals surface area contributed by atoms with Gasteiger partial charge in [0.1, 0.15) is 5.75 Å². The molecule has 23 heavy (non-hydrogen) atoms. The summed E-state index contributed by atoms with van der Waals surface area (Å²) in [5, 5.41) is 5.53. The van der Waals surface area contributed by atoms with Crippen LogP contribution in [0.4, 0.5) is 11.4 Å². The van der Waals surface area contributed by atoms with Crippen LogP contribution in [0.15, 0.2) is 42.5 Å². The second kappa shape index (κ2) is 7.45. The summed E-state index contributed by atoms with van der Waals surface area (Å²) >= 11 is 0. The highest BCUT2D eigenvalue weighted by Gasteiger charge is 2.10. The Hall–Kier alpha value is -2.82.